The molecule has 0 unspecified atom stereocenters. The summed E-state index contributed by atoms with van der Waals surface area (Å²) in [7, 11) is 0. The molecule has 1 aromatic carbocycles. The van der Waals surface area contributed by atoms with Crippen molar-refractivity contribution in [1.29, 1.82) is 0 Å². The van der Waals surface area contributed by atoms with Crippen molar-refractivity contribution < 1.29 is 23.8 Å². The van der Waals surface area contributed by atoms with Crippen LogP contribution in [0.2, 0.25) is 0 Å². The van der Waals surface area contributed by atoms with E-state index in [1.807, 2.05) is 18.3 Å². The second-order valence-electron chi connectivity index (χ2n) is 8.37. The van der Waals surface area contributed by atoms with Gasteiger partial charge in [0, 0.05) is 40.7 Å². The van der Waals surface area contributed by atoms with Gasteiger partial charge in [-0.1, -0.05) is 0 Å². The van der Waals surface area contributed by atoms with Crippen LogP contribution >= 0.6 is 11.3 Å². The van der Waals surface area contributed by atoms with E-state index in [9.17, 15) is 23.8 Å². The average molecular weight is 486 g/mol. The number of rotatable bonds is 6. The Morgan fingerprint density at radius 3 is 2.76 bits per heavy atom. The van der Waals surface area contributed by atoms with Crippen LogP contribution in [-0.2, 0) is 10.4 Å². The lowest BCUT2D eigenvalue weighted by atomic mass is 9.79. The Morgan fingerprint density at radius 2 is 2.03 bits per heavy atom. The highest BCUT2D eigenvalue weighted by molar-refractivity contribution is 7.15. The van der Waals surface area contributed by atoms with Gasteiger partial charge in [0.25, 0.3) is 6.43 Å². The van der Waals surface area contributed by atoms with Crippen LogP contribution in [0.1, 0.15) is 42.8 Å². The van der Waals surface area contributed by atoms with Gasteiger partial charge in [-0.25, -0.2) is 23.7 Å². The van der Waals surface area contributed by atoms with Gasteiger partial charge in [0.1, 0.15) is 16.3 Å². The van der Waals surface area contributed by atoms with E-state index in [-0.39, 0.29) is 11.6 Å². The zero-order valence-electron chi connectivity index (χ0n) is 17.8. The third kappa shape index (κ3) is 4.24. The van der Waals surface area contributed by atoms with Crippen molar-refractivity contribution in [2.75, 3.05) is 5.32 Å². The standard InChI is InChI=1S/C23H21F2N5O3S/c24-19(25)17-5-8-26-22(30-17)29-13-1-2-16-14(9-13)15(10-27-16)18-11-28-21(34-18)23(33)6-3-12(4-7-23)20(31)32/h1-2,5,8-12,19,27,33H,3-4,6-7H2,(H,31,32)(H,26,29,30). The number of aromatic nitrogens is 4. The van der Waals surface area contributed by atoms with Crippen molar-refractivity contribution in [3.63, 3.8) is 0 Å². The number of halogens is 2. The predicted molar refractivity (Wildman–Crippen MR) is 123 cm³/mol. The summed E-state index contributed by atoms with van der Waals surface area (Å²) in [5, 5.41) is 24.7. The van der Waals surface area contributed by atoms with Crippen LogP contribution in [0.5, 0.6) is 0 Å². The molecule has 0 spiro atoms. The van der Waals surface area contributed by atoms with Crippen LogP contribution < -0.4 is 5.32 Å². The molecule has 0 bridgehead atoms. The molecule has 0 radical (unpaired) electrons. The van der Waals surface area contributed by atoms with Crippen LogP contribution in [-0.4, -0.2) is 36.1 Å². The molecule has 1 fully saturated rings. The fourth-order valence-electron chi connectivity index (χ4n) is 4.26. The molecule has 8 nitrogen and oxygen atoms in total. The lowest BCUT2D eigenvalue weighted by Crippen LogP contribution is -2.33. The summed E-state index contributed by atoms with van der Waals surface area (Å²) in [4.78, 5) is 27.6. The van der Waals surface area contributed by atoms with E-state index < -0.39 is 23.9 Å². The van der Waals surface area contributed by atoms with Crippen molar-refractivity contribution in [3.05, 3.63) is 53.6 Å². The molecule has 0 amide bonds. The highest BCUT2D eigenvalue weighted by Crippen LogP contribution is 2.43. The minimum absolute atomic E-state index is 0.0773. The molecule has 34 heavy (non-hydrogen) atoms. The Bertz CT molecular complexity index is 1350. The molecule has 4 aromatic rings. The highest BCUT2D eigenvalue weighted by Gasteiger charge is 2.39. The first-order valence-corrected chi connectivity index (χ1v) is 11.6. The number of hydrogen-bond donors (Lipinski definition) is 4. The summed E-state index contributed by atoms with van der Waals surface area (Å²) in [6.45, 7) is 0. The average Bonchev–Trinajstić information content (AvgIpc) is 3.47. The summed E-state index contributed by atoms with van der Waals surface area (Å²) in [5.74, 6) is -1.17. The topological polar surface area (TPSA) is 124 Å². The number of carboxylic acids is 1. The Kier molecular flexibility index (Phi) is 5.74. The number of carboxylic acid groups (broad SMARTS) is 1. The van der Waals surface area contributed by atoms with Gasteiger partial charge >= 0.3 is 5.97 Å². The number of aliphatic hydroxyl groups is 1. The van der Waals surface area contributed by atoms with Gasteiger partial charge in [0.2, 0.25) is 5.95 Å². The first-order chi connectivity index (χ1) is 16.3. The fourth-order valence-corrected chi connectivity index (χ4v) is 5.35. The largest absolute Gasteiger partial charge is 0.481 e. The number of nitrogens with zero attached hydrogens (tertiary/aromatic N) is 3. The third-order valence-electron chi connectivity index (χ3n) is 6.17. The lowest BCUT2D eigenvalue weighted by Gasteiger charge is -2.32. The number of hydrogen-bond acceptors (Lipinski definition) is 7. The molecule has 1 aliphatic rings. The Balaban J connectivity index is 1.40. The second kappa shape index (κ2) is 8.73. The fraction of sp³-hybridized carbons (Fsp3) is 0.304. The molecule has 1 aliphatic carbocycles. The monoisotopic (exact) mass is 485 g/mol. The van der Waals surface area contributed by atoms with Gasteiger partial charge in [0.05, 0.1) is 10.8 Å². The number of aromatic amines is 1. The van der Waals surface area contributed by atoms with Crippen molar-refractivity contribution in [2.45, 2.75) is 37.7 Å². The summed E-state index contributed by atoms with van der Waals surface area (Å²) >= 11 is 1.38. The van der Waals surface area contributed by atoms with Crippen LogP contribution in [0.15, 0.2) is 42.9 Å². The van der Waals surface area contributed by atoms with Gasteiger partial charge < -0.3 is 20.5 Å². The molecule has 3 aromatic heterocycles. The third-order valence-corrected chi connectivity index (χ3v) is 7.39. The molecular weight excluding hydrogens is 464 g/mol. The molecule has 0 atom stereocenters. The number of H-pyrrole nitrogens is 1. The summed E-state index contributed by atoms with van der Waals surface area (Å²) in [6.07, 6.45) is 3.70. The molecular formula is C23H21F2N5O3S. The molecule has 3 heterocycles. The van der Waals surface area contributed by atoms with Gasteiger partial charge in [-0.15, -0.1) is 11.3 Å². The molecule has 0 aliphatic heterocycles. The minimum atomic E-state index is -2.68. The Hall–Kier alpha value is -3.44. The maximum atomic E-state index is 12.9. The van der Waals surface area contributed by atoms with Gasteiger partial charge in [-0.3, -0.25) is 4.79 Å². The van der Waals surface area contributed by atoms with Gasteiger partial charge in [0.15, 0.2) is 0 Å². The van der Waals surface area contributed by atoms with Gasteiger partial charge in [-0.2, -0.15) is 0 Å². The maximum Gasteiger partial charge on any atom is 0.306 e. The normalized spacial score (nSPS) is 20.6. The van der Waals surface area contributed by atoms with E-state index >= 15 is 0 Å². The predicted octanol–water partition coefficient (Wildman–Crippen LogP) is 5.23. The van der Waals surface area contributed by atoms with Crippen LogP contribution in [0.3, 0.4) is 0 Å². The minimum Gasteiger partial charge on any atom is -0.481 e. The number of alkyl halides is 2. The van der Waals surface area contributed by atoms with E-state index in [4.69, 9.17) is 0 Å². The van der Waals surface area contributed by atoms with E-state index in [0.29, 0.717) is 36.4 Å². The summed E-state index contributed by atoms with van der Waals surface area (Å²) < 4.78 is 25.9. The molecule has 11 heteroatoms. The number of thiazole rings is 1. The number of aliphatic carboxylic acids is 1. The molecule has 4 N–H and O–H groups in total. The van der Waals surface area contributed by atoms with Crippen molar-refractivity contribution in [3.8, 4) is 10.4 Å². The summed E-state index contributed by atoms with van der Waals surface area (Å²) in [6, 6.07) is 6.70. The second-order valence-corrected chi connectivity index (χ2v) is 9.40. The molecule has 0 saturated heterocycles. The Labute approximate surface area is 196 Å². The van der Waals surface area contributed by atoms with Crippen LogP contribution in [0.25, 0.3) is 21.3 Å². The first-order valence-electron chi connectivity index (χ1n) is 10.7. The quantitative estimate of drug-likeness (QED) is 0.295. The number of nitrogens with one attached hydrogen (secondary N) is 2. The van der Waals surface area contributed by atoms with Crippen molar-refractivity contribution in [2.24, 2.45) is 5.92 Å². The molecule has 1 saturated carbocycles. The molecule has 5 rings (SSSR count). The zero-order valence-corrected chi connectivity index (χ0v) is 18.6. The number of benzene rings is 1. The Morgan fingerprint density at radius 1 is 1.24 bits per heavy atom. The van der Waals surface area contributed by atoms with Crippen molar-refractivity contribution >= 4 is 39.8 Å². The molecule has 176 valence electrons. The highest BCUT2D eigenvalue weighted by atomic mass is 32.1. The smallest absolute Gasteiger partial charge is 0.306 e. The van der Waals surface area contributed by atoms with Crippen LogP contribution in [0, 0.1) is 5.92 Å². The number of fused-ring (bicyclic) bond motifs is 1. The van der Waals surface area contributed by atoms with E-state index in [1.165, 1.54) is 23.6 Å². The number of anilines is 2. The lowest BCUT2D eigenvalue weighted by molar-refractivity contribution is -0.145. The maximum absolute atomic E-state index is 12.9. The van der Waals surface area contributed by atoms with Crippen molar-refractivity contribution in [1.82, 2.24) is 19.9 Å². The van der Waals surface area contributed by atoms with E-state index in [1.54, 1.807) is 12.3 Å². The number of carbonyl (C=O) groups is 1. The van der Waals surface area contributed by atoms with E-state index in [2.05, 4.69) is 25.3 Å². The zero-order chi connectivity index (χ0) is 23.9. The summed E-state index contributed by atoms with van der Waals surface area (Å²) in [5.41, 5.74) is 0.912. The van der Waals surface area contributed by atoms with Crippen LogP contribution in [0.4, 0.5) is 20.4 Å². The van der Waals surface area contributed by atoms with Gasteiger partial charge in [-0.05, 0) is 49.9 Å². The SMILES string of the molecule is O=C(O)C1CCC(O)(c2ncc(-c3c[nH]c4ccc(Nc5nccc(C(F)F)n5)cc34)s2)CC1. The van der Waals surface area contributed by atoms with E-state index in [0.717, 1.165) is 21.3 Å². The first kappa shape index (κ1) is 22.4.